The van der Waals surface area contributed by atoms with Gasteiger partial charge in [0.25, 0.3) is 0 Å². The maximum absolute atomic E-state index is 6.00. The first-order valence-corrected chi connectivity index (χ1v) is 8.53. The minimum absolute atomic E-state index is 0.243. The lowest BCUT2D eigenvalue weighted by atomic mass is 9.64. The molecule has 0 aromatic carbocycles. The van der Waals surface area contributed by atoms with Crippen molar-refractivity contribution in [1.29, 1.82) is 0 Å². The van der Waals surface area contributed by atoms with Crippen LogP contribution in [-0.2, 0) is 11.2 Å². The Morgan fingerprint density at radius 2 is 2.25 bits per heavy atom. The van der Waals surface area contributed by atoms with Crippen molar-refractivity contribution in [3.8, 4) is 0 Å². The predicted octanol–water partition coefficient (Wildman–Crippen LogP) is 3.42. The van der Waals surface area contributed by atoms with Gasteiger partial charge in [-0.15, -0.1) is 11.3 Å². The van der Waals surface area contributed by atoms with Crippen LogP contribution in [-0.4, -0.2) is 30.3 Å². The van der Waals surface area contributed by atoms with Crippen molar-refractivity contribution < 1.29 is 4.74 Å². The van der Waals surface area contributed by atoms with Crippen LogP contribution < -0.4 is 5.32 Å². The van der Waals surface area contributed by atoms with Gasteiger partial charge in [-0.05, 0) is 19.3 Å². The maximum atomic E-state index is 6.00. The van der Waals surface area contributed by atoms with Gasteiger partial charge in [-0.3, -0.25) is 0 Å². The number of rotatable bonds is 7. The average molecular weight is 296 g/mol. The SMILES string of the molecule is Cc1nc(CCNC2CC(OCC(C)C)C2(C)C)cs1. The molecule has 0 amide bonds. The minimum Gasteiger partial charge on any atom is -0.377 e. The first-order chi connectivity index (χ1) is 9.39. The smallest absolute Gasteiger partial charge is 0.0897 e. The van der Waals surface area contributed by atoms with E-state index in [0.717, 1.165) is 31.0 Å². The average Bonchev–Trinajstić information content (AvgIpc) is 2.77. The molecule has 2 atom stereocenters. The fourth-order valence-electron chi connectivity index (χ4n) is 2.72. The number of hydrogen-bond acceptors (Lipinski definition) is 4. The van der Waals surface area contributed by atoms with E-state index < -0.39 is 0 Å². The Labute approximate surface area is 127 Å². The van der Waals surface area contributed by atoms with Crippen LogP contribution in [0.4, 0.5) is 0 Å². The van der Waals surface area contributed by atoms with E-state index in [-0.39, 0.29) is 5.41 Å². The van der Waals surface area contributed by atoms with Gasteiger partial charge in [0.15, 0.2) is 0 Å². The van der Waals surface area contributed by atoms with Gasteiger partial charge < -0.3 is 10.1 Å². The van der Waals surface area contributed by atoms with Crippen molar-refractivity contribution in [2.24, 2.45) is 11.3 Å². The number of thiazole rings is 1. The Hall–Kier alpha value is -0.450. The molecule has 0 aliphatic heterocycles. The number of nitrogens with one attached hydrogen (secondary N) is 1. The lowest BCUT2D eigenvalue weighted by Gasteiger charge is -2.52. The summed E-state index contributed by atoms with van der Waals surface area (Å²) >= 11 is 1.73. The molecule has 4 heteroatoms. The molecular weight excluding hydrogens is 268 g/mol. The zero-order chi connectivity index (χ0) is 14.8. The Morgan fingerprint density at radius 1 is 1.50 bits per heavy atom. The molecule has 1 aromatic heterocycles. The number of hydrogen-bond donors (Lipinski definition) is 1. The van der Waals surface area contributed by atoms with Gasteiger partial charge in [-0.1, -0.05) is 27.7 Å². The topological polar surface area (TPSA) is 34.2 Å². The summed E-state index contributed by atoms with van der Waals surface area (Å²) in [5.41, 5.74) is 1.46. The van der Waals surface area contributed by atoms with E-state index in [9.17, 15) is 0 Å². The van der Waals surface area contributed by atoms with Crippen molar-refractivity contribution in [1.82, 2.24) is 10.3 Å². The van der Waals surface area contributed by atoms with Gasteiger partial charge in [0.05, 0.1) is 16.8 Å². The molecule has 1 saturated carbocycles. The fourth-order valence-corrected chi connectivity index (χ4v) is 3.37. The third-order valence-electron chi connectivity index (χ3n) is 4.25. The molecule has 1 heterocycles. The van der Waals surface area contributed by atoms with Crippen LogP contribution >= 0.6 is 11.3 Å². The third-order valence-corrected chi connectivity index (χ3v) is 5.07. The summed E-state index contributed by atoms with van der Waals surface area (Å²) in [7, 11) is 0. The minimum atomic E-state index is 0.243. The first-order valence-electron chi connectivity index (χ1n) is 7.65. The third kappa shape index (κ3) is 3.80. The summed E-state index contributed by atoms with van der Waals surface area (Å²) in [5.74, 6) is 0.616. The standard InChI is InChI=1S/C16H28N2OS/c1-11(2)9-19-15-8-14(16(15,4)5)17-7-6-13-10-20-12(3)18-13/h10-11,14-15,17H,6-9H2,1-5H3. The molecule has 0 saturated heterocycles. The summed E-state index contributed by atoms with van der Waals surface area (Å²) in [6.45, 7) is 13.0. The molecule has 1 N–H and O–H groups in total. The molecule has 1 fully saturated rings. The summed E-state index contributed by atoms with van der Waals surface area (Å²) in [6.07, 6.45) is 2.56. The van der Waals surface area contributed by atoms with Crippen molar-refractivity contribution >= 4 is 11.3 Å². The normalized spacial score (nSPS) is 24.9. The number of ether oxygens (including phenoxy) is 1. The first kappa shape index (κ1) is 15.9. The Bertz CT molecular complexity index is 428. The number of aromatic nitrogens is 1. The highest BCUT2D eigenvalue weighted by Gasteiger charge is 2.48. The van der Waals surface area contributed by atoms with Gasteiger partial charge in [0.2, 0.25) is 0 Å². The molecule has 0 radical (unpaired) electrons. The lowest BCUT2D eigenvalue weighted by molar-refractivity contribution is -0.123. The summed E-state index contributed by atoms with van der Waals surface area (Å²) in [4.78, 5) is 4.51. The molecular formula is C16H28N2OS. The molecule has 1 aliphatic carbocycles. The molecule has 3 nitrogen and oxygen atoms in total. The Morgan fingerprint density at radius 3 is 2.80 bits per heavy atom. The lowest BCUT2D eigenvalue weighted by Crippen LogP contribution is -2.61. The van der Waals surface area contributed by atoms with Crippen LogP contribution in [0, 0.1) is 18.3 Å². The second-order valence-corrected chi connectivity index (χ2v) is 7.95. The molecule has 0 spiro atoms. The molecule has 114 valence electrons. The monoisotopic (exact) mass is 296 g/mol. The summed E-state index contributed by atoms with van der Waals surface area (Å²) in [6, 6.07) is 0.569. The highest BCUT2D eigenvalue weighted by molar-refractivity contribution is 7.09. The van der Waals surface area contributed by atoms with E-state index in [1.807, 2.05) is 0 Å². The molecule has 1 aliphatic rings. The van der Waals surface area contributed by atoms with Crippen LogP contribution in [0.25, 0.3) is 0 Å². The molecule has 0 bridgehead atoms. The second kappa shape index (κ2) is 6.54. The largest absolute Gasteiger partial charge is 0.377 e. The Balaban J connectivity index is 1.70. The van der Waals surface area contributed by atoms with E-state index in [1.165, 1.54) is 5.69 Å². The van der Waals surface area contributed by atoms with E-state index in [2.05, 4.69) is 50.3 Å². The Kier molecular flexibility index (Phi) is 5.21. The van der Waals surface area contributed by atoms with Crippen LogP contribution in [0.1, 0.15) is 44.8 Å². The van der Waals surface area contributed by atoms with E-state index in [0.29, 0.717) is 18.1 Å². The van der Waals surface area contributed by atoms with Gasteiger partial charge in [0, 0.05) is 36.4 Å². The van der Waals surface area contributed by atoms with Crippen molar-refractivity contribution in [3.63, 3.8) is 0 Å². The summed E-state index contributed by atoms with van der Waals surface area (Å²) < 4.78 is 6.00. The highest BCUT2D eigenvalue weighted by atomic mass is 32.1. The molecule has 20 heavy (non-hydrogen) atoms. The summed E-state index contributed by atoms with van der Waals surface area (Å²) in [5, 5.41) is 6.99. The molecule has 1 aromatic rings. The van der Waals surface area contributed by atoms with Gasteiger partial charge >= 0.3 is 0 Å². The zero-order valence-electron chi connectivity index (χ0n) is 13.4. The van der Waals surface area contributed by atoms with E-state index in [1.54, 1.807) is 11.3 Å². The van der Waals surface area contributed by atoms with Crippen molar-refractivity contribution in [2.45, 2.75) is 59.6 Å². The van der Waals surface area contributed by atoms with Gasteiger partial charge in [-0.25, -0.2) is 4.98 Å². The highest BCUT2D eigenvalue weighted by Crippen LogP contribution is 2.42. The van der Waals surface area contributed by atoms with Crippen LogP contribution in [0.15, 0.2) is 5.38 Å². The molecule has 2 rings (SSSR count). The van der Waals surface area contributed by atoms with E-state index >= 15 is 0 Å². The zero-order valence-corrected chi connectivity index (χ0v) is 14.2. The quantitative estimate of drug-likeness (QED) is 0.837. The van der Waals surface area contributed by atoms with Crippen LogP contribution in [0.2, 0.25) is 0 Å². The molecule has 2 unspecified atom stereocenters. The van der Waals surface area contributed by atoms with Crippen molar-refractivity contribution in [3.05, 3.63) is 16.1 Å². The van der Waals surface area contributed by atoms with Gasteiger partial charge in [0.1, 0.15) is 0 Å². The predicted molar refractivity (Wildman–Crippen MR) is 85.3 cm³/mol. The van der Waals surface area contributed by atoms with Crippen molar-refractivity contribution in [2.75, 3.05) is 13.2 Å². The van der Waals surface area contributed by atoms with Crippen LogP contribution in [0.3, 0.4) is 0 Å². The fraction of sp³-hybridized carbons (Fsp3) is 0.812. The number of nitrogens with zero attached hydrogens (tertiary/aromatic N) is 1. The maximum Gasteiger partial charge on any atom is 0.0897 e. The van der Waals surface area contributed by atoms with Crippen LogP contribution in [0.5, 0.6) is 0 Å². The van der Waals surface area contributed by atoms with E-state index in [4.69, 9.17) is 4.74 Å². The van der Waals surface area contributed by atoms with Gasteiger partial charge in [-0.2, -0.15) is 0 Å². The second-order valence-electron chi connectivity index (χ2n) is 6.89. The number of aryl methyl sites for hydroxylation is 1.